The zero-order valence-corrected chi connectivity index (χ0v) is 14.3. The predicted molar refractivity (Wildman–Crippen MR) is 87.0 cm³/mol. The summed E-state index contributed by atoms with van der Waals surface area (Å²) in [4.78, 5) is 0. The Morgan fingerprint density at radius 2 is 1.62 bits per heavy atom. The zero-order chi connectivity index (χ0) is 15.4. The van der Waals surface area contributed by atoms with Crippen LogP contribution in [0.15, 0.2) is 51.4 Å². The topological polar surface area (TPSA) is 21.3 Å². The molecule has 0 fully saturated rings. The second-order valence-corrected chi connectivity index (χ2v) is 6.09. The molecule has 0 aromatic heterocycles. The molecule has 0 aliphatic carbocycles. The van der Waals surface area contributed by atoms with Gasteiger partial charge in [-0.15, -0.1) is 0 Å². The maximum absolute atomic E-state index is 12.5. The number of halogens is 4. The van der Waals surface area contributed by atoms with Crippen molar-refractivity contribution in [3.05, 3.63) is 57.0 Å². The summed E-state index contributed by atoms with van der Waals surface area (Å²) in [5, 5.41) is 3.29. The van der Waals surface area contributed by atoms with E-state index in [4.69, 9.17) is 0 Å². The van der Waals surface area contributed by atoms with Crippen LogP contribution in [0.1, 0.15) is 18.5 Å². The van der Waals surface area contributed by atoms with Crippen LogP contribution in [-0.2, 0) is 0 Å². The number of anilines is 1. The average molecular weight is 421 g/mol. The summed E-state index contributed by atoms with van der Waals surface area (Å²) in [7, 11) is 0. The quantitative estimate of drug-likeness (QED) is 0.641. The highest BCUT2D eigenvalue weighted by atomic mass is 79.9. The summed E-state index contributed by atoms with van der Waals surface area (Å²) in [6.45, 7) is -0.951. The molecule has 0 aliphatic heterocycles. The summed E-state index contributed by atoms with van der Waals surface area (Å²) in [5.74, 6) is 0.177. The molecule has 21 heavy (non-hydrogen) atoms. The highest BCUT2D eigenvalue weighted by molar-refractivity contribution is 9.11. The van der Waals surface area contributed by atoms with Gasteiger partial charge in [0, 0.05) is 14.5 Å². The third kappa shape index (κ3) is 4.17. The summed E-state index contributed by atoms with van der Waals surface area (Å²) < 4.78 is 31.3. The molecule has 0 aliphatic rings. The molecule has 1 unspecified atom stereocenters. The van der Waals surface area contributed by atoms with Gasteiger partial charge in [-0.25, -0.2) is 0 Å². The molecule has 1 N–H and O–H groups in total. The van der Waals surface area contributed by atoms with Crippen LogP contribution >= 0.6 is 31.9 Å². The van der Waals surface area contributed by atoms with Gasteiger partial charge in [0.05, 0.1) is 11.7 Å². The Hall–Kier alpha value is -1.14. The molecule has 2 nitrogen and oxygen atoms in total. The Kier molecular flexibility index (Phi) is 5.58. The average Bonchev–Trinajstić information content (AvgIpc) is 2.43. The van der Waals surface area contributed by atoms with Gasteiger partial charge in [-0.2, -0.15) is 8.78 Å². The van der Waals surface area contributed by atoms with Gasteiger partial charge in [-0.3, -0.25) is 0 Å². The van der Waals surface area contributed by atoms with Gasteiger partial charge in [0.15, 0.2) is 0 Å². The minimum Gasteiger partial charge on any atom is -0.434 e. The number of para-hydroxylation sites is 2. The van der Waals surface area contributed by atoms with Gasteiger partial charge in [-0.1, -0.05) is 24.3 Å². The number of hydrogen-bond acceptors (Lipinski definition) is 2. The van der Waals surface area contributed by atoms with Gasteiger partial charge in [0.1, 0.15) is 5.75 Å². The molecule has 2 rings (SSSR count). The molecule has 2 aromatic carbocycles. The fourth-order valence-corrected chi connectivity index (χ4v) is 3.20. The number of alkyl halides is 2. The van der Waals surface area contributed by atoms with Gasteiger partial charge in [0.25, 0.3) is 0 Å². The van der Waals surface area contributed by atoms with Crippen LogP contribution in [0.5, 0.6) is 5.75 Å². The fourth-order valence-electron chi connectivity index (χ4n) is 1.97. The molecule has 0 bridgehead atoms. The third-order valence-corrected chi connectivity index (χ3v) is 4.25. The highest BCUT2D eigenvalue weighted by Gasteiger charge is 2.16. The molecule has 0 heterocycles. The fraction of sp³-hybridized carbons (Fsp3) is 0.200. The Balaban J connectivity index is 2.26. The Morgan fingerprint density at radius 3 is 2.24 bits per heavy atom. The number of nitrogens with one attached hydrogen (secondary N) is 1. The van der Waals surface area contributed by atoms with Gasteiger partial charge < -0.3 is 10.1 Å². The summed E-state index contributed by atoms with van der Waals surface area (Å²) in [6, 6.07) is 12.3. The van der Waals surface area contributed by atoms with Crippen LogP contribution in [0.2, 0.25) is 0 Å². The van der Waals surface area contributed by atoms with E-state index in [0.29, 0.717) is 5.56 Å². The van der Waals surface area contributed by atoms with E-state index in [1.807, 2.05) is 25.1 Å². The summed E-state index contributed by atoms with van der Waals surface area (Å²) in [6.07, 6.45) is 0. The second-order valence-electron chi connectivity index (χ2n) is 4.38. The van der Waals surface area contributed by atoms with Crippen molar-refractivity contribution in [1.29, 1.82) is 0 Å². The van der Waals surface area contributed by atoms with Crippen molar-refractivity contribution >= 4 is 37.5 Å². The van der Waals surface area contributed by atoms with Crippen LogP contribution < -0.4 is 10.1 Å². The Bertz CT molecular complexity index is 602. The molecular formula is C15H13Br2F2NO. The van der Waals surface area contributed by atoms with Gasteiger partial charge in [0.2, 0.25) is 0 Å². The molecular weight excluding hydrogens is 408 g/mol. The first-order valence-electron chi connectivity index (χ1n) is 6.23. The number of ether oxygens (including phenoxy) is 1. The van der Waals surface area contributed by atoms with E-state index in [1.54, 1.807) is 18.2 Å². The number of hydrogen-bond donors (Lipinski definition) is 1. The van der Waals surface area contributed by atoms with Crippen molar-refractivity contribution in [2.45, 2.75) is 19.6 Å². The van der Waals surface area contributed by atoms with Crippen LogP contribution in [-0.4, -0.2) is 6.61 Å². The zero-order valence-electron chi connectivity index (χ0n) is 11.1. The van der Waals surface area contributed by atoms with Crippen molar-refractivity contribution in [3.63, 3.8) is 0 Å². The smallest absolute Gasteiger partial charge is 0.387 e. The first-order valence-corrected chi connectivity index (χ1v) is 7.82. The molecule has 0 saturated heterocycles. The van der Waals surface area contributed by atoms with Crippen molar-refractivity contribution < 1.29 is 13.5 Å². The predicted octanol–water partition coefficient (Wildman–Crippen LogP) is 5.99. The van der Waals surface area contributed by atoms with Crippen molar-refractivity contribution in [1.82, 2.24) is 0 Å². The van der Waals surface area contributed by atoms with Crippen molar-refractivity contribution in [2.75, 3.05) is 5.32 Å². The first kappa shape index (κ1) is 16.2. The van der Waals surface area contributed by atoms with Crippen LogP contribution in [0.25, 0.3) is 0 Å². The molecule has 0 spiro atoms. The second kappa shape index (κ2) is 7.22. The molecule has 0 amide bonds. The van der Waals surface area contributed by atoms with E-state index in [1.165, 1.54) is 6.07 Å². The lowest BCUT2D eigenvalue weighted by molar-refractivity contribution is -0.0505. The van der Waals surface area contributed by atoms with E-state index in [2.05, 4.69) is 41.9 Å². The lowest BCUT2D eigenvalue weighted by atomic mass is 10.1. The Labute approximate surface area is 138 Å². The lowest BCUT2D eigenvalue weighted by Gasteiger charge is -2.20. The Morgan fingerprint density at radius 1 is 1.00 bits per heavy atom. The maximum atomic E-state index is 12.5. The van der Waals surface area contributed by atoms with E-state index in [9.17, 15) is 8.78 Å². The summed E-state index contributed by atoms with van der Waals surface area (Å²) >= 11 is 6.93. The van der Waals surface area contributed by atoms with Crippen LogP contribution in [0.3, 0.4) is 0 Å². The monoisotopic (exact) mass is 419 g/mol. The van der Waals surface area contributed by atoms with Crippen LogP contribution in [0.4, 0.5) is 14.5 Å². The van der Waals surface area contributed by atoms with Gasteiger partial charge >= 0.3 is 6.61 Å². The third-order valence-electron chi connectivity index (χ3n) is 2.93. The first-order chi connectivity index (χ1) is 9.99. The van der Waals surface area contributed by atoms with Crippen LogP contribution in [0, 0.1) is 0 Å². The maximum Gasteiger partial charge on any atom is 0.387 e. The largest absolute Gasteiger partial charge is 0.434 e. The number of benzene rings is 2. The van der Waals surface area contributed by atoms with E-state index >= 15 is 0 Å². The normalized spacial score (nSPS) is 12.3. The van der Waals surface area contributed by atoms with Crippen molar-refractivity contribution in [2.24, 2.45) is 0 Å². The molecule has 1 atom stereocenters. The molecule has 0 radical (unpaired) electrons. The highest BCUT2D eigenvalue weighted by Crippen LogP contribution is 2.35. The number of rotatable bonds is 5. The minimum atomic E-state index is -2.84. The molecule has 2 aromatic rings. The molecule has 112 valence electrons. The molecule has 0 saturated carbocycles. The molecule has 6 heteroatoms. The standard InChI is InChI=1S/C15H13Br2F2NO/c1-9(20-14-11(16)6-4-7-12(14)17)10-5-2-3-8-13(10)21-15(18)19/h2-9,15,20H,1H3. The minimum absolute atomic E-state index is 0.177. The van der Waals surface area contributed by atoms with E-state index < -0.39 is 6.61 Å². The lowest BCUT2D eigenvalue weighted by Crippen LogP contribution is -2.11. The SMILES string of the molecule is CC(Nc1c(Br)cccc1Br)c1ccccc1OC(F)F. The van der Waals surface area contributed by atoms with Crippen molar-refractivity contribution in [3.8, 4) is 5.75 Å². The van der Waals surface area contributed by atoms with Gasteiger partial charge in [-0.05, 0) is 57.0 Å². The van der Waals surface area contributed by atoms with E-state index in [-0.39, 0.29) is 11.8 Å². The van der Waals surface area contributed by atoms with E-state index in [0.717, 1.165) is 14.6 Å². The summed E-state index contributed by atoms with van der Waals surface area (Å²) in [5.41, 5.74) is 1.53.